The van der Waals surface area contributed by atoms with Gasteiger partial charge in [0.15, 0.2) is 0 Å². The first-order valence-corrected chi connectivity index (χ1v) is 16.1. The van der Waals surface area contributed by atoms with E-state index in [-0.39, 0.29) is 29.7 Å². The van der Waals surface area contributed by atoms with Gasteiger partial charge >= 0.3 is 0 Å². The maximum Gasteiger partial charge on any atom is 0.260 e. The Morgan fingerprint density at radius 2 is 1.62 bits per heavy atom. The van der Waals surface area contributed by atoms with Crippen molar-refractivity contribution in [3.05, 3.63) is 82.0 Å². The zero-order chi connectivity index (χ0) is 31.8. The number of hydrogen-bond donors (Lipinski definition) is 2. The van der Waals surface area contributed by atoms with E-state index >= 15 is 8.78 Å². The van der Waals surface area contributed by atoms with Gasteiger partial charge in [0.25, 0.3) is 5.56 Å². The lowest BCUT2D eigenvalue weighted by Gasteiger charge is -2.33. The predicted octanol–water partition coefficient (Wildman–Crippen LogP) is 6.11. The third-order valence-electron chi connectivity index (χ3n) is 7.90. The summed E-state index contributed by atoms with van der Waals surface area (Å²) in [4.78, 5) is 25.0. The standard InChI is InChI=1S/C31H35F3N6O3S.ClH/c1-18(2)40-29-20(16-35-31(37-29)36-22-9-11-24(12-10-22)39(3)4)13-25(30(40)41)28-26(33)14-23(15-27(28)34)38-44(42,43)17-19-5-7-21(32)8-6-19;/h5-8,13-16,18,22,24,38H,9-12,17H2,1-4H3,(H,35,36,37);1H. The Balaban J connectivity index is 0.00000461. The van der Waals surface area contributed by atoms with Crippen LogP contribution in [0.1, 0.15) is 51.1 Å². The van der Waals surface area contributed by atoms with E-state index in [4.69, 9.17) is 0 Å². The molecule has 2 N–H and O–H groups in total. The Kier molecular flexibility index (Phi) is 10.5. The van der Waals surface area contributed by atoms with E-state index in [1.807, 2.05) is 0 Å². The van der Waals surface area contributed by atoms with Crippen LogP contribution in [0.25, 0.3) is 22.2 Å². The van der Waals surface area contributed by atoms with Gasteiger partial charge in [0, 0.05) is 29.7 Å². The van der Waals surface area contributed by atoms with E-state index in [1.165, 1.54) is 29.0 Å². The van der Waals surface area contributed by atoms with Gasteiger partial charge in [0.2, 0.25) is 16.0 Å². The smallest absolute Gasteiger partial charge is 0.260 e. The van der Waals surface area contributed by atoms with Gasteiger partial charge in [-0.25, -0.2) is 26.6 Å². The van der Waals surface area contributed by atoms with E-state index < -0.39 is 50.4 Å². The number of benzene rings is 2. The number of fused-ring (bicyclic) bond motifs is 1. The second kappa shape index (κ2) is 13.8. The van der Waals surface area contributed by atoms with Crippen molar-refractivity contribution in [1.82, 2.24) is 19.4 Å². The quantitative estimate of drug-likeness (QED) is 0.222. The number of halogens is 4. The maximum atomic E-state index is 15.4. The molecule has 0 bridgehead atoms. The Labute approximate surface area is 266 Å². The third kappa shape index (κ3) is 7.77. The van der Waals surface area contributed by atoms with Crippen molar-refractivity contribution >= 4 is 45.1 Å². The molecule has 9 nitrogen and oxygen atoms in total. The molecule has 0 saturated heterocycles. The molecule has 4 aromatic rings. The maximum absolute atomic E-state index is 15.4. The van der Waals surface area contributed by atoms with Gasteiger partial charge in [0.05, 0.1) is 22.6 Å². The topological polar surface area (TPSA) is 109 Å². The number of rotatable bonds is 9. The van der Waals surface area contributed by atoms with Gasteiger partial charge in [-0.3, -0.25) is 14.1 Å². The molecule has 0 spiro atoms. The number of aromatic nitrogens is 3. The van der Waals surface area contributed by atoms with Crippen LogP contribution in [-0.4, -0.2) is 54.0 Å². The van der Waals surface area contributed by atoms with Crippen molar-refractivity contribution in [3.63, 3.8) is 0 Å². The van der Waals surface area contributed by atoms with Gasteiger partial charge in [-0.2, -0.15) is 4.98 Å². The van der Waals surface area contributed by atoms with Crippen molar-refractivity contribution in [3.8, 4) is 11.1 Å². The Morgan fingerprint density at radius 1 is 1.00 bits per heavy atom. The van der Waals surface area contributed by atoms with E-state index in [2.05, 4.69) is 39.0 Å². The molecule has 14 heteroatoms. The molecule has 0 aliphatic heterocycles. The minimum absolute atomic E-state index is 0. The van der Waals surface area contributed by atoms with Crippen LogP contribution in [0.3, 0.4) is 0 Å². The van der Waals surface area contributed by atoms with Crippen LogP contribution in [0.5, 0.6) is 0 Å². The molecule has 242 valence electrons. The highest BCUT2D eigenvalue weighted by Crippen LogP contribution is 2.31. The summed E-state index contributed by atoms with van der Waals surface area (Å²) in [5, 5.41) is 3.79. The molecule has 0 amide bonds. The summed E-state index contributed by atoms with van der Waals surface area (Å²) in [7, 11) is 0.0741. The Bertz CT molecular complexity index is 1820. The Hall–Kier alpha value is -3.68. The van der Waals surface area contributed by atoms with Gasteiger partial charge < -0.3 is 10.2 Å². The molecule has 2 aromatic heterocycles. The van der Waals surface area contributed by atoms with Crippen LogP contribution in [0.2, 0.25) is 0 Å². The molecule has 45 heavy (non-hydrogen) atoms. The van der Waals surface area contributed by atoms with Crippen molar-refractivity contribution in [1.29, 1.82) is 0 Å². The Morgan fingerprint density at radius 3 is 2.20 bits per heavy atom. The molecule has 1 aliphatic rings. The second-order valence-corrected chi connectivity index (χ2v) is 13.4. The first-order valence-electron chi connectivity index (χ1n) is 14.4. The summed E-state index contributed by atoms with van der Waals surface area (Å²) in [6.45, 7) is 3.54. The molecule has 1 fully saturated rings. The summed E-state index contributed by atoms with van der Waals surface area (Å²) in [5.74, 6) is -2.92. The largest absolute Gasteiger partial charge is 0.351 e. The molecule has 0 atom stereocenters. The molecular weight excluding hydrogens is 629 g/mol. The van der Waals surface area contributed by atoms with Crippen molar-refractivity contribution < 1.29 is 21.6 Å². The van der Waals surface area contributed by atoms with Crippen LogP contribution < -0.4 is 15.6 Å². The normalized spacial score (nSPS) is 17.0. The first kappa shape index (κ1) is 34.2. The fraction of sp³-hybridized carbons (Fsp3) is 0.387. The van der Waals surface area contributed by atoms with Gasteiger partial charge in [0.1, 0.15) is 23.1 Å². The average molecular weight is 665 g/mol. The number of sulfonamides is 1. The van der Waals surface area contributed by atoms with Crippen LogP contribution in [0.15, 0.2) is 53.5 Å². The highest BCUT2D eigenvalue weighted by Gasteiger charge is 2.25. The van der Waals surface area contributed by atoms with Gasteiger partial charge in [-0.15, -0.1) is 12.4 Å². The molecule has 0 unspecified atom stereocenters. The van der Waals surface area contributed by atoms with Gasteiger partial charge in [-0.05, 0) is 89.5 Å². The molecule has 2 aromatic carbocycles. The van der Waals surface area contributed by atoms with Gasteiger partial charge in [-0.1, -0.05) is 12.1 Å². The second-order valence-electron chi connectivity index (χ2n) is 11.7. The van der Waals surface area contributed by atoms with Crippen LogP contribution in [-0.2, 0) is 15.8 Å². The lowest BCUT2D eigenvalue weighted by Crippen LogP contribution is -2.36. The predicted molar refractivity (Wildman–Crippen MR) is 173 cm³/mol. The lowest BCUT2D eigenvalue weighted by molar-refractivity contribution is 0.221. The van der Waals surface area contributed by atoms with Crippen LogP contribution in [0.4, 0.5) is 24.8 Å². The number of nitrogens with one attached hydrogen (secondary N) is 2. The summed E-state index contributed by atoms with van der Waals surface area (Å²) in [5.41, 5.74) is -1.21. The highest BCUT2D eigenvalue weighted by atomic mass is 35.5. The van der Waals surface area contributed by atoms with Crippen LogP contribution >= 0.6 is 12.4 Å². The zero-order valence-corrected chi connectivity index (χ0v) is 27.0. The summed E-state index contributed by atoms with van der Waals surface area (Å²) in [6.07, 6.45) is 5.52. The SMILES string of the molecule is CC(C)n1c(=O)c(-c2c(F)cc(NS(=O)(=O)Cc3ccc(F)cc3)cc2F)cc2cnc(NC3CCC(N(C)C)CC3)nc21.Cl. The van der Waals surface area contributed by atoms with Crippen molar-refractivity contribution in [2.45, 2.75) is 63.4 Å². The summed E-state index contributed by atoms with van der Waals surface area (Å²) < 4.78 is 72.8. The number of hydrogen-bond acceptors (Lipinski definition) is 7. The van der Waals surface area contributed by atoms with Crippen LogP contribution in [0, 0.1) is 17.5 Å². The molecular formula is C31H36ClF3N6O3S. The fourth-order valence-corrected chi connectivity index (χ4v) is 6.85. The van der Waals surface area contributed by atoms with Crippen molar-refractivity contribution in [2.75, 3.05) is 24.1 Å². The molecule has 0 radical (unpaired) electrons. The number of nitrogens with zero attached hydrogens (tertiary/aromatic N) is 4. The molecule has 1 saturated carbocycles. The summed E-state index contributed by atoms with van der Waals surface area (Å²) in [6, 6.07) is 8.15. The van der Waals surface area contributed by atoms with E-state index in [0.717, 1.165) is 49.9 Å². The fourth-order valence-electron chi connectivity index (χ4n) is 5.67. The zero-order valence-electron chi connectivity index (χ0n) is 25.4. The first-order chi connectivity index (χ1) is 20.8. The average Bonchev–Trinajstić information content (AvgIpc) is 2.94. The number of anilines is 2. The van der Waals surface area contributed by atoms with Crippen molar-refractivity contribution in [2.24, 2.45) is 0 Å². The third-order valence-corrected chi connectivity index (χ3v) is 9.16. The van der Waals surface area contributed by atoms with E-state index in [0.29, 0.717) is 28.6 Å². The molecule has 2 heterocycles. The minimum atomic E-state index is -4.08. The lowest BCUT2D eigenvalue weighted by atomic mass is 9.91. The minimum Gasteiger partial charge on any atom is -0.351 e. The molecule has 1 aliphatic carbocycles. The summed E-state index contributed by atoms with van der Waals surface area (Å²) >= 11 is 0. The molecule has 5 rings (SSSR count). The number of pyridine rings is 1. The van der Waals surface area contributed by atoms with E-state index in [1.54, 1.807) is 13.8 Å². The monoisotopic (exact) mass is 664 g/mol. The highest BCUT2D eigenvalue weighted by molar-refractivity contribution is 7.91. The van der Waals surface area contributed by atoms with E-state index in [9.17, 15) is 17.6 Å².